The van der Waals surface area contributed by atoms with Crippen molar-refractivity contribution in [1.29, 1.82) is 0 Å². The first-order valence-electron chi connectivity index (χ1n) is 12.3. The Balaban J connectivity index is 1.35. The molecule has 0 bridgehead atoms. The molecule has 1 heterocycles. The second-order valence-corrected chi connectivity index (χ2v) is 10.4. The van der Waals surface area contributed by atoms with Gasteiger partial charge in [0.05, 0.1) is 11.1 Å². The van der Waals surface area contributed by atoms with Gasteiger partial charge in [-0.15, -0.1) is 0 Å². The summed E-state index contributed by atoms with van der Waals surface area (Å²) in [5.74, 6) is -0.289. The van der Waals surface area contributed by atoms with Gasteiger partial charge < -0.3 is 10.2 Å². The summed E-state index contributed by atoms with van der Waals surface area (Å²) in [6.45, 7) is 3.06. The summed E-state index contributed by atoms with van der Waals surface area (Å²) in [4.78, 5) is 15.3. The van der Waals surface area contributed by atoms with Crippen LogP contribution in [0.2, 0.25) is 0 Å². The van der Waals surface area contributed by atoms with E-state index in [0.717, 1.165) is 37.9 Å². The van der Waals surface area contributed by atoms with E-state index in [0.29, 0.717) is 30.9 Å². The second kappa shape index (κ2) is 10.3. The number of alkyl halides is 6. The molecular formula is C27H29F7N2O. The molecule has 4 rings (SSSR count). The first-order valence-corrected chi connectivity index (χ1v) is 12.3. The van der Waals surface area contributed by atoms with E-state index in [1.807, 2.05) is 12.1 Å². The van der Waals surface area contributed by atoms with Gasteiger partial charge in [0.15, 0.2) is 0 Å². The van der Waals surface area contributed by atoms with E-state index >= 15 is 0 Å². The minimum Gasteiger partial charge on any atom is -0.352 e. The fourth-order valence-corrected chi connectivity index (χ4v) is 5.58. The Kier molecular flexibility index (Phi) is 7.61. The molecule has 2 aliphatic rings. The number of carbonyl (C=O) groups excluding carboxylic acids is 1. The largest absolute Gasteiger partial charge is 0.416 e. The highest BCUT2D eigenvalue weighted by atomic mass is 19.4. The molecule has 2 aromatic carbocycles. The summed E-state index contributed by atoms with van der Waals surface area (Å²) in [5.41, 5.74) is -2.70. The van der Waals surface area contributed by atoms with Gasteiger partial charge in [-0.05, 0) is 92.6 Å². The molecule has 1 saturated heterocycles. The van der Waals surface area contributed by atoms with E-state index in [-0.39, 0.29) is 29.4 Å². The maximum atomic E-state index is 13.2. The predicted octanol–water partition coefficient (Wildman–Crippen LogP) is 6.92. The van der Waals surface area contributed by atoms with Gasteiger partial charge in [-0.3, -0.25) is 4.79 Å². The molecule has 1 saturated carbocycles. The van der Waals surface area contributed by atoms with Crippen molar-refractivity contribution >= 4 is 5.91 Å². The summed E-state index contributed by atoms with van der Waals surface area (Å²) in [7, 11) is 0. The molecule has 202 valence electrons. The summed E-state index contributed by atoms with van der Waals surface area (Å²) in [5, 5.41) is 2.57. The van der Waals surface area contributed by atoms with E-state index in [1.54, 1.807) is 6.92 Å². The average molecular weight is 531 g/mol. The summed E-state index contributed by atoms with van der Waals surface area (Å²) >= 11 is 0. The van der Waals surface area contributed by atoms with Gasteiger partial charge >= 0.3 is 12.4 Å². The van der Waals surface area contributed by atoms with Gasteiger partial charge in [-0.1, -0.05) is 19.1 Å². The highest BCUT2D eigenvalue weighted by molar-refractivity contribution is 5.82. The molecular weight excluding hydrogens is 501 g/mol. The van der Waals surface area contributed by atoms with Gasteiger partial charge in [-0.25, -0.2) is 4.39 Å². The number of carbonyl (C=O) groups is 1. The Morgan fingerprint density at radius 2 is 1.51 bits per heavy atom. The quantitative estimate of drug-likeness (QED) is 0.426. The molecule has 37 heavy (non-hydrogen) atoms. The van der Waals surface area contributed by atoms with Crippen LogP contribution in [0.25, 0.3) is 0 Å². The van der Waals surface area contributed by atoms with E-state index < -0.39 is 35.4 Å². The standard InChI is InChI=1S/C27H29F7N2O/c1-25(24(37)35-16-17-12-20(26(29,30)31)14-21(13-17)27(32,33)34)9-6-23(15-25)36-10-7-19(8-11-36)18-2-4-22(28)5-3-18/h2-5,12-14,19,23H,6-11,15-16H2,1H3,(H,35,37)/t23?,25-/m0/s1. The Bertz CT molecular complexity index is 1070. The van der Waals surface area contributed by atoms with Crippen LogP contribution in [0.3, 0.4) is 0 Å². The lowest BCUT2D eigenvalue weighted by atomic mass is 9.86. The fraction of sp³-hybridized carbons (Fsp3) is 0.519. The summed E-state index contributed by atoms with van der Waals surface area (Å²) < 4.78 is 92.0. The zero-order chi connectivity index (χ0) is 27.0. The van der Waals surface area contributed by atoms with Crippen LogP contribution in [0.4, 0.5) is 30.7 Å². The number of amides is 1. The Morgan fingerprint density at radius 3 is 2.05 bits per heavy atom. The predicted molar refractivity (Wildman–Crippen MR) is 124 cm³/mol. The maximum absolute atomic E-state index is 13.2. The summed E-state index contributed by atoms with van der Waals surface area (Å²) in [6.07, 6.45) is -6.10. The topological polar surface area (TPSA) is 32.3 Å². The van der Waals surface area contributed by atoms with Crippen molar-refractivity contribution in [3.8, 4) is 0 Å². The maximum Gasteiger partial charge on any atom is 0.416 e. The van der Waals surface area contributed by atoms with Gasteiger partial charge in [0, 0.05) is 18.0 Å². The number of hydrogen-bond acceptors (Lipinski definition) is 2. The van der Waals surface area contributed by atoms with E-state index in [1.165, 1.54) is 12.1 Å². The molecule has 0 spiro atoms. The van der Waals surface area contributed by atoms with Crippen LogP contribution in [0, 0.1) is 11.2 Å². The average Bonchev–Trinajstić information content (AvgIpc) is 3.25. The lowest BCUT2D eigenvalue weighted by Crippen LogP contribution is -2.42. The van der Waals surface area contributed by atoms with Crippen molar-refractivity contribution in [1.82, 2.24) is 10.2 Å². The first-order chi connectivity index (χ1) is 17.2. The third-order valence-corrected chi connectivity index (χ3v) is 7.75. The van der Waals surface area contributed by atoms with Crippen molar-refractivity contribution in [2.45, 2.75) is 69.9 Å². The van der Waals surface area contributed by atoms with Gasteiger partial charge in [0.1, 0.15) is 5.82 Å². The number of nitrogens with zero attached hydrogens (tertiary/aromatic N) is 1. The third kappa shape index (κ3) is 6.45. The molecule has 1 aliphatic carbocycles. The van der Waals surface area contributed by atoms with Gasteiger partial charge in [0.2, 0.25) is 5.91 Å². The molecule has 1 N–H and O–H groups in total. The van der Waals surface area contributed by atoms with Crippen LogP contribution < -0.4 is 5.32 Å². The highest BCUT2D eigenvalue weighted by Crippen LogP contribution is 2.42. The smallest absolute Gasteiger partial charge is 0.352 e. The molecule has 1 aliphatic heterocycles. The Morgan fingerprint density at radius 1 is 0.946 bits per heavy atom. The molecule has 2 aromatic rings. The summed E-state index contributed by atoms with van der Waals surface area (Å²) in [6, 6.07) is 8.09. The highest BCUT2D eigenvalue weighted by Gasteiger charge is 2.44. The van der Waals surface area contributed by atoms with Crippen molar-refractivity contribution in [3.63, 3.8) is 0 Å². The first kappa shape index (κ1) is 27.4. The number of rotatable bonds is 5. The number of benzene rings is 2. The van der Waals surface area contributed by atoms with Crippen molar-refractivity contribution in [3.05, 3.63) is 70.5 Å². The van der Waals surface area contributed by atoms with Crippen LogP contribution in [0.15, 0.2) is 42.5 Å². The number of piperidine rings is 1. The third-order valence-electron chi connectivity index (χ3n) is 7.75. The monoisotopic (exact) mass is 530 g/mol. The van der Waals surface area contributed by atoms with Crippen molar-refractivity contribution < 1.29 is 35.5 Å². The molecule has 1 amide bonds. The molecule has 3 nitrogen and oxygen atoms in total. The van der Waals surface area contributed by atoms with Crippen LogP contribution in [0.5, 0.6) is 0 Å². The number of nitrogens with one attached hydrogen (secondary N) is 1. The lowest BCUT2D eigenvalue weighted by molar-refractivity contribution is -0.143. The second-order valence-electron chi connectivity index (χ2n) is 10.4. The zero-order valence-electron chi connectivity index (χ0n) is 20.4. The lowest BCUT2D eigenvalue weighted by Gasteiger charge is -2.37. The SMILES string of the molecule is C[C@]1(C(=O)NCc2cc(C(F)(F)F)cc(C(F)(F)F)c2)CCC(N2CCC(c3ccc(F)cc3)CC2)C1. The van der Waals surface area contributed by atoms with Gasteiger partial charge in [-0.2, -0.15) is 26.3 Å². The molecule has 2 atom stereocenters. The van der Waals surface area contributed by atoms with Crippen molar-refractivity contribution in [2.24, 2.45) is 5.41 Å². The van der Waals surface area contributed by atoms with Crippen LogP contribution in [-0.2, 0) is 23.7 Å². The van der Waals surface area contributed by atoms with Crippen molar-refractivity contribution in [2.75, 3.05) is 13.1 Å². The normalized spacial score (nSPS) is 23.8. The molecule has 0 aromatic heterocycles. The Hall–Kier alpha value is -2.62. The van der Waals surface area contributed by atoms with Crippen LogP contribution in [-0.4, -0.2) is 29.9 Å². The molecule has 1 unspecified atom stereocenters. The molecule has 0 radical (unpaired) electrons. The number of likely N-dealkylation sites (tertiary alicyclic amines) is 1. The van der Waals surface area contributed by atoms with Gasteiger partial charge in [0.25, 0.3) is 0 Å². The fourth-order valence-electron chi connectivity index (χ4n) is 5.58. The van der Waals surface area contributed by atoms with E-state index in [9.17, 15) is 35.5 Å². The molecule has 2 fully saturated rings. The zero-order valence-corrected chi connectivity index (χ0v) is 20.4. The minimum absolute atomic E-state index is 0.0768. The Labute approximate surface area is 211 Å². The number of hydrogen-bond donors (Lipinski definition) is 1. The number of halogens is 7. The van der Waals surface area contributed by atoms with E-state index in [2.05, 4.69) is 10.2 Å². The minimum atomic E-state index is -4.94. The van der Waals surface area contributed by atoms with Crippen LogP contribution in [0.1, 0.15) is 67.2 Å². The van der Waals surface area contributed by atoms with E-state index in [4.69, 9.17) is 0 Å². The molecule has 10 heteroatoms. The van der Waals surface area contributed by atoms with Crippen LogP contribution >= 0.6 is 0 Å².